The van der Waals surface area contributed by atoms with Gasteiger partial charge in [-0.3, -0.25) is 4.79 Å². The molecule has 0 spiro atoms. The van der Waals surface area contributed by atoms with Gasteiger partial charge in [-0.15, -0.1) is 0 Å². The molecule has 0 aromatic heterocycles. The van der Waals surface area contributed by atoms with Crippen LogP contribution in [0.15, 0.2) is 24.3 Å². The minimum atomic E-state index is -0.205. The van der Waals surface area contributed by atoms with E-state index in [1.165, 1.54) is 6.07 Å². The average molecular weight is 252 g/mol. The lowest BCUT2D eigenvalue weighted by molar-refractivity contribution is -0.123. The molecule has 0 aliphatic heterocycles. The van der Waals surface area contributed by atoms with Crippen molar-refractivity contribution in [1.82, 2.24) is 10.6 Å². The minimum Gasteiger partial charge on any atom is -0.355 e. The number of hydrogen-bond donors (Lipinski definition) is 2. The van der Waals surface area contributed by atoms with E-state index in [2.05, 4.69) is 10.6 Å². The fourth-order valence-corrected chi connectivity index (χ4v) is 1.61. The second kappa shape index (κ2) is 7.11. The number of nitrogens with one attached hydrogen (secondary N) is 2. The Hall–Kier alpha value is -1.42. The van der Waals surface area contributed by atoms with Gasteiger partial charge in [-0.2, -0.15) is 0 Å². The first-order valence-corrected chi connectivity index (χ1v) is 6.28. The lowest BCUT2D eigenvalue weighted by Gasteiger charge is -2.15. The molecular weight excluding hydrogens is 231 g/mol. The second-order valence-electron chi connectivity index (χ2n) is 4.64. The van der Waals surface area contributed by atoms with Gasteiger partial charge in [0.15, 0.2) is 0 Å². The quantitative estimate of drug-likeness (QED) is 0.762. The summed E-state index contributed by atoms with van der Waals surface area (Å²) in [6, 6.07) is 6.64. The van der Waals surface area contributed by atoms with Gasteiger partial charge in [0.1, 0.15) is 5.82 Å². The van der Waals surface area contributed by atoms with Gasteiger partial charge < -0.3 is 10.6 Å². The van der Waals surface area contributed by atoms with E-state index in [1.54, 1.807) is 12.1 Å². The highest BCUT2D eigenvalue weighted by molar-refractivity contribution is 5.77. The van der Waals surface area contributed by atoms with Crippen molar-refractivity contribution in [2.45, 2.75) is 26.8 Å². The van der Waals surface area contributed by atoms with Crippen LogP contribution in [0.1, 0.15) is 32.4 Å². The van der Waals surface area contributed by atoms with Crippen LogP contribution in [-0.4, -0.2) is 19.0 Å². The number of rotatable bonds is 6. The van der Waals surface area contributed by atoms with Crippen LogP contribution < -0.4 is 10.6 Å². The van der Waals surface area contributed by atoms with Crippen molar-refractivity contribution in [2.24, 2.45) is 5.92 Å². The summed E-state index contributed by atoms with van der Waals surface area (Å²) in [6.45, 7) is 6.78. The molecule has 0 aliphatic rings. The number of amides is 1. The molecule has 0 heterocycles. The van der Waals surface area contributed by atoms with Gasteiger partial charge in [-0.1, -0.05) is 32.0 Å². The third-order valence-electron chi connectivity index (χ3n) is 2.77. The van der Waals surface area contributed by atoms with Crippen LogP contribution in [0.5, 0.6) is 0 Å². The van der Waals surface area contributed by atoms with Gasteiger partial charge in [-0.05, 0) is 13.0 Å². The maximum atomic E-state index is 13.5. The lowest BCUT2D eigenvalue weighted by atomic mass is 10.1. The monoisotopic (exact) mass is 252 g/mol. The Labute approximate surface area is 108 Å². The fraction of sp³-hybridized carbons (Fsp3) is 0.500. The summed E-state index contributed by atoms with van der Waals surface area (Å²) < 4.78 is 13.5. The van der Waals surface area contributed by atoms with E-state index >= 15 is 0 Å². The van der Waals surface area contributed by atoms with E-state index in [0.717, 1.165) is 0 Å². The first-order valence-electron chi connectivity index (χ1n) is 6.28. The van der Waals surface area contributed by atoms with E-state index in [-0.39, 0.29) is 23.7 Å². The average Bonchev–Trinajstić information content (AvgIpc) is 2.34. The Morgan fingerprint density at radius 3 is 2.50 bits per heavy atom. The Morgan fingerprint density at radius 2 is 1.89 bits per heavy atom. The molecule has 1 unspecified atom stereocenters. The van der Waals surface area contributed by atoms with Crippen LogP contribution >= 0.6 is 0 Å². The summed E-state index contributed by atoms with van der Waals surface area (Å²) in [6.07, 6.45) is 0. The summed E-state index contributed by atoms with van der Waals surface area (Å²) in [5.74, 6) is -0.173. The van der Waals surface area contributed by atoms with Gasteiger partial charge >= 0.3 is 0 Å². The summed E-state index contributed by atoms with van der Waals surface area (Å²) >= 11 is 0. The predicted molar refractivity (Wildman–Crippen MR) is 70.7 cm³/mol. The van der Waals surface area contributed by atoms with Crippen LogP contribution in [-0.2, 0) is 4.79 Å². The van der Waals surface area contributed by atoms with Crippen LogP contribution in [0.2, 0.25) is 0 Å². The predicted octanol–water partition coefficient (Wildman–Crippen LogP) is 2.25. The molecule has 0 saturated heterocycles. The number of carbonyl (C=O) groups excluding carboxylic acids is 1. The number of halogens is 1. The first-order chi connectivity index (χ1) is 8.52. The maximum Gasteiger partial charge on any atom is 0.222 e. The van der Waals surface area contributed by atoms with E-state index in [0.29, 0.717) is 18.7 Å². The standard InChI is InChI=1S/C14H21FN2O/c1-10(2)14(18)17-9-8-16-11(3)12-6-4-5-7-13(12)15/h4-7,10-11,16H,8-9H2,1-3H3,(H,17,18). The van der Waals surface area contributed by atoms with Gasteiger partial charge in [0.05, 0.1) is 0 Å². The highest BCUT2D eigenvalue weighted by Crippen LogP contribution is 2.15. The molecule has 4 heteroatoms. The molecule has 18 heavy (non-hydrogen) atoms. The zero-order chi connectivity index (χ0) is 13.5. The molecule has 3 nitrogen and oxygen atoms in total. The van der Waals surface area contributed by atoms with Crippen molar-refractivity contribution >= 4 is 5.91 Å². The summed E-state index contributed by atoms with van der Waals surface area (Å²) in [5, 5.41) is 5.99. The number of benzene rings is 1. The summed E-state index contributed by atoms with van der Waals surface area (Å²) in [5.41, 5.74) is 0.646. The minimum absolute atomic E-state index is 0.00556. The molecule has 1 aromatic carbocycles. The molecule has 1 aromatic rings. The maximum absolute atomic E-state index is 13.5. The molecule has 0 aliphatic carbocycles. The molecule has 1 rings (SSSR count). The Bertz CT molecular complexity index is 393. The van der Waals surface area contributed by atoms with Crippen LogP contribution in [0.4, 0.5) is 4.39 Å². The van der Waals surface area contributed by atoms with Crippen LogP contribution in [0.3, 0.4) is 0 Å². The Kier molecular flexibility index (Phi) is 5.78. The van der Waals surface area contributed by atoms with Gasteiger partial charge in [0.2, 0.25) is 5.91 Å². The summed E-state index contributed by atoms with van der Waals surface area (Å²) in [7, 11) is 0. The SMILES string of the molecule is CC(C)C(=O)NCCNC(C)c1ccccc1F. The lowest BCUT2D eigenvalue weighted by Crippen LogP contribution is -2.35. The Morgan fingerprint density at radius 1 is 1.22 bits per heavy atom. The largest absolute Gasteiger partial charge is 0.355 e. The van der Waals surface area contributed by atoms with Gasteiger partial charge in [0.25, 0.3) is 0 Å². The molecule has 0 radical (unpaired) electrons. The zero-order valence-corrected chi connectivity index (χ0v) is 11.2. The third kappa shape index (κ3) is 4.45. The van der Waals surface area contributed by atoms with Crippen molar-refractivity contribution in [3.8, 4) is 0 Å². The molecular formula is C14H21FN2O. The third-order valence-corrected chi connectivity index (χ3v) is 2.77. The van der Waals surface area contributed by atoms with Crippen LogP contribution in [0, 0.1) is 11.7 Å². The van der Waals surface area contributed by atoms with Gasteiger partial charge in [0, 0.05) is 30.6 Å². The molecule has 0 saturated carbocycles. The Balaban J connectivity index is 2.32. The van der Waals surface area contributed by atoms with Crippen molar-refractivity contribution in [3.63, 3.8) is 0 Å². The van der Waals surface area contributed by atoms with Crippen molar-refractivity contribution in [1.29, 1.82) is 0 Å². The smallest absolute Gasteiger partial charge is 0.222 e. The molecule has 0 bridgehead atoms. The van der Waals surface area contributed by atoms with E-state index in [4.69, 9.17) is 0 Å². The van der Waals surface area contributed by atoms with Crippen LogP contribution in [0.25, 0.3) is 0 Å². The van der Waals surface area contributed by atoms with E-state index in [9.17, 15) is 9.18 Å². The molecule has 2 N–H and O–H groups in total. The molecule has 1 amide bonds. The first kappa shape index (κ1) is 14.6. The molecule has 1 atom stereocenters. The number of carbonyl (C=O) groups is 1. The van der Waals surface area contributed by atoms with E-state index < -0.39 is 0 Å². The topological polar surface area (TPSA) is 41.1 Å². The van der Waals surface area contributed by atoms with Crippen molar-refractivity contribution < 1.29 is 9.18 Å². The van der Waals surface area contributed by atoms with E-state index in [1.807, 2.05) is 26.8 Å². The van der Waals surface area contributed by atoms with Crippen molar-refractivity contribution in [2.75, 3.05) is 13.1 Å². The molecule has 100 valence electrons. The highest BCUT2D eigenvalue weighted by atomic mass is 19.1. The molecule has 0 fully saturated rings. The zero-order valence-electron chi connectivity index (χ0n) is 11.2. The fourth-order valence-electron chi connectivity index (χ4n) is 1.61. The second-order valence-corrected chi connectivity index (χ2v) is 4.64. The highest BCUT2D eigenvalue weighted by Gasteiger charge is 2.09. The van der Waals surface area contributed by atoms with Gasteiger partial charge in [-0.25, -0.2) is 4.39 Å². The number of hydrogen-bond acceptors (Lipinski definition) is 2. The normalized spacial score (nSPS) is 12.5. The summed E-state index contributed by atoms with van der Waals surface area (Å²) in [4.78, 5) is 11.3. The van der Waals surface area contributed by atoms with Crippen molar-refractivity contribution in [3.05, 3.63) is 35.6 Å².